The first-order valence-electron chi connectivity index (χ1n) is 7.32. The van der Waals surface area contributed by atoms with Crippen molar-refractivity contribution in [3.05, 3.63) is 59.9 Å². The maximum atomic E-state index is 3.66. The third-order valence-corrected chi connectivity index (χ3v) is 4.24. The predicted molar refractivity (Wildman–Crippen MR) is 79.1 cm³/mol. The molecule has 0 atom stereocenters. The molecule has 1 aromatic heterocycles. The molecule has 0 unspecified atom stereocenters. The van der Waals surface area contributed by atoms with Gasteiger partial charge in [0, 0.05) is 24.5 Å². The van der Waals surface area contributed by atoms with Gasteiger partial charge in [0.05, 0.1) is 0 Å². The Labute approximate surface area is 115 Å². The van der Waals surface area contributed by atoms with E-state index in [0.717, 1.165) is 12.5 Å². The molecule has 19 heavy (non-hydrogen) atoms. The Bertz CT molecular complexity index is 467. The zero-order valence-electron chi connectivity index (χ0n) is 11.3. The molecule has 0 radical (unpaired) electrons. The molecule has 2 aromatic rings. The van der Waals surface area contributed by atoms with Crippen LogP contribution in [0.2, 0.25) is 0 Å². The van der Waals surface area contributed by atoms with Crippen LogP contribution in [-0.2, 0) is 6.54 Å². The lowest BCUT2D eigenvalue weighted by molar-refractivity contribution is 0.341. The summed E-state index contributed by atoms with van der Waals surface area (Å²) in [6.45, 7) is 0.966. The summed E-state index contributed by atoms with van der Waals surface area (Å²) in [6.07, 6.45) is 7.20. The molecule has 1 fully saturated rings. The van der Waals surface area contributed by atoms with Gasteiger partial charge >= 0.3 is 0 Å². The molecular weight excluding hydrogens is 232 g/mol. The fraction of sp³-hybridized carbons (Fsp3) is 0.412. The second-order valence-corrected chi connectivity index (χ2v) is 5.54. The molecule has 100 valence electrons. The summed E-state index contributed by atoms with van der Waals surface area (Å²) in [7, 11) is 0. The molecule has 0 aliphatic heterocycles. The highest BCUT2D eigenvalue weighted by atomic mass is 14.9. The van der Waals surface area contributed by atoms with E-state index in [1.54, 1.807) is 0 Å². The van der Waals surface area contributed by atoms with Crippen molar-refractivity contribution in [1.82, 2.24) is 10.3 Å². The molecule has 1 heterocycles. The average molecular weight is 254 g/mol. The lowest BCUT2D eigenvalue weighted by atomic mass is 9.82. The van der Waals surface area contributed by atoms with E-state index in [9.17, 15) is 0 Å². The number of aromatic nitrogens is 1. The quantitative estimate of drug-likeness (QED) is 0.852. The zero-order chi connectivity index (χ0) is 12.9. The van der Waals surface area contributed by atoms with E-state index in [-0.39, 0.29) is 0 Å². The number of nitrogens with one attached hydrogen (secondary N) is 2. The number of rotatable bonds is 4. The van der Waals surface area contributed by atoms with Crippen LogP contribution in [0.25, 0.3) is 0 Å². The molecule has 0 bridgehead atoms. The number of hydrogen-bond donors (Lipinski definition) is 2. The summed E-state index contributed by atoms with van der Waals surface area (Å²) in [5.41, 5.74) is 2.80. The van der Waals surface area contributed by atoms with Crippen molar-refractivity contribution in [3.63, 3.8) is 0 Å². The van der Waals surface area contributed by atoms with E-state index in [1.807, 2.05) is 6.20 Å². The lowest BCUT2D eigenvalue weighted by Gasteiger charge is -2.29. The van der Waals surface area contributed by atoms with Gasteiger partial charge in [0.15, 0.2) is 0 Å². The van der Waals surface area contributed by atoms with Crippen molar-refractivity contribution in [2.45, 2.75) is 44.2 Å². The van der Waals surface area contributed by atoms with Crippen molar-refractivity contribution in [2.24, 2.45) is 0 Å². The highest BCUT2D eigenvalue weighted by molar-refractivity contribution is 5.20. The Hall–Kier alpha value is -1.54. The summed E-state index contributed by atoms with van der Waals surface area (Å²) in [4.78, 5) is 3.25. The second kappa shape index (κ2) is 6.07. The fourth-order valence-electron chi connectivity index (χ4n) is 3.09. The summed E-state index contributed by atoms with van der Waals surface area (Å²) >= 11 is 0. The Balaban J connectivity index is 1.47. The first-order chi connectivity index (χ1) is 9.42. The van der Waals surface area contributed by atoms with Crippen LogP contribution in [0, 0.1) is 0 Å². The van der Waals surface area contributed by atoms with Crippen LogP contribution in [-0.4, -0.2) is 11.0 Å². The minimum Gasteiger partial charge on any atom is -0.364 e. The Morgan fingerprint density at radius 2 is 1.74 bits per heavy atom. The van der Waals surface area contributed by atoms with Crippen LogP contribution in [0.3, 0.4) is 0 Å². The third-order valence-electron chi connectivity index (χ3n) is 4.24. The van der Waals surface area contributed by atoms with Gasteiger partial charge in [-0.15, -0.1) is 0 Å². The van der Waals surface area contributed by atoms with Gasteiger partial charge in [0.1, 0.15) is 0 Å². The number of aromatic amines is 1. The van der Waals surface area contributed by atoms with Gasteiger partial charge in [-0.25, -0.2) is 0 Å². The minimum absolute atomic E-state index is 0.684. The van der Waals surface area contributed by atoms with Gasteiger partial charge < -0.3 is 10.3 Å². The molecule has 2 N–H and O–H groups in total. The zero-order valence-corrected chi connectivity index (χ0v) is 11.3. The fourth-order valence-corrected chi connectivity index (χ4v) is 3.09. The molecule has 0 amide bonds. The van der Waals surface area contributed by atoms with Gasteiger partial charge in [-0.3, -0.25) is 0 Å². The largest absolute Gasteiger partial charge is 0.364 e. The standard InChI is InChI=1S/C17H22N2/c1-2-5-14(6-3-1)15-8-10-16(11-9-15)19-13-17-7-4-12-18-17/h1-7,12,15-16,18-19H,8-11,13H2. The highest BCUT2D eigenvalue weighted by Gasteiger charge is 2.21. The van der Waals surface area contributed by atoms with E-state index in [4.69, 9.17) is 0 Å². The topological polar surface area (TPSA) is 27.8 Å². The van der Waals surface area contributed by atoms with E-state index in [0.29, 0.717) is 6.04 Å². The van der Waals surface area contributed by atoms with Crippen LogP contribution < -0.4 is 5.32 Å². The van der Waals surface area contributed by atoms with Crippen LogP contribution in [0.15, 0.2) is 48.7 Å². The predicted octanol–water partition coefficient (Wildman–Crippen LogP) is 3.83. The van der Waals surface area contributed by atoms with Gasteiger partial charge in [0.25, 0.3) is 0 Å². The van der Waals surface area contributed by atoms with Gasteiger partial charge in [-0.1, -0.05) is 30.3 Å². The SMILES string of the molecule is c1ccc(C2CCC(NCc3ccc[nH]3)CC2)cc1. The first-order valence-corrected chi connectivity index (χ1v) is 7.32. The van der Waals surface area contributed by atoms with Crippen molar-refractivity contribution < 1.29 is 0 Å². The van der Waals surface area contributed by atoms with E-state index in [2.05, 4.69) is 52.8 Å². The Morgan fingerprint density at radius 3 is 2.42 bits per heavy atom. The molecule has 2 nitrogen and oxygen atoms in total. The summed E-state index contributed by atoms with van der Waals surface area (Å²) in [6, 6.07) is 15.9. The lowest BCUT2D eigenvalue weighted by Crippen LogP contribution is -2.32. The van der Waals surface area contributed by atoms with E-state index < -0.39 is 0 Å². The van der Waals surface area contributed by atoms with Gasteiger partial charge in [-0.05, 0) is 49.3 Å². The number of H-pyrrole nitrogens is 1. The summed E-state index contributed by atoms with van der Waals surface area (Å²) < 4.78 is 0. The normalized spacial score (nSPS) is 23.4. The molecule has 3 rings (SSSR count). The molecule has 0 spiro atoms. The smallest absolute Gasteiger partial charge is 0.0359 e. The summed E-state index contributed by atoms with van der Waals surface area (Å²) in [5, 5.41) is 3.66. The molecular formula is C17H22N2. The maximum Gasteiger partial charge on any atom is 0.0359 e. The van der Waals surface area contributed by atoms with Crippen molar-refractivity contribution in [2.75, 3.05) is 0 Å². The van der Waals surface area contributed by atoms with E-state index in [1.165, 1.54) is 36.9 Å². The maximum absolute atomic E-state index is 3.66. The minimum atomic E-state index is 0.684. The average Bonchev–Trinajstić information content (AvgIpc) is 3.00. The van der Waals surface area contributed by atoms with Crippen LogP contribution in [0.1, 0.15) is 42.9 Å². The van der Waals surface area contributed by atoms with Crippen molar-refractivity contribution >= 4 is 0 Å². The Kier molecular flexibility index (Phi) is 3.99. The Morgan fingerprint density at radius 1 is 0.947 bits per heavy atom. The highest BCUT2D eigenvalue weighted by Crippen LogP contribution is 2.32. The number of benzene rings is 1. The van der Waals surface area contributed by atoms with E-state index >= 15 is 0 Å². The van der Waals surface area contributed by atoms with Crippen molar-refractivity contribution in [1.29, 1.82) is 0 Å². The molecule has 1 aromatic carbocycles. The van der Waals surface area contributed by atoms with Gasteiger partial charge in [-0.2, -0.15) is 0 Å². The van der Waals surface area contributed by atoms with Crippen molar-refractivity contribution in [3.8, 4) is 0 Å². The van der Waals surface area contributed by atoms with Crippen LogP contribution in [0.5, 0.6) is 0 Å². The van der Waals surface area contributed by atoms with Crippen LogP contribution in [0.4, 0.5) is 0 Å². The molecule has 1 saturated carbocycles. The molecule has 1 aliphatic rings. The van der Waals surface area contributed by atoms with Gasteiger partial charge in [0.2, 0.25) is 0 Å². The number of hydrogen-bond acceptors (Lipinski definition) is 1. The summed E-state index contributed by atoms with van der Waals surface area (Å²) in [5.74, 6) is 0.768. The van der Waals surface area contributed by atoms with Crippen LogP contribution >= 0.6 is 0 Å². The molecule has 0 saturated heterocycles. The molecule has 1 aliphatic carbocycles. The monoisotopic (exact) mass is 254 g/mol. The second-order valence-electron chi connectivity index (χ2n) is 5.54. The first kappa shape index (κ1) is 12.5. The molecule has 2 heteroatoms. The third kappa shape index (κ3) is 3.27.